The zero-order valence-corrected chi connectivity index (χ0v) is 17.0. The molecule has 0 atom stereocenters. The quantitative estimate of drug-likeness (QED) is 0.393. The van der Waals surface area contributed by atoms with Crippen molar-refractivity contribution in [1.29, 1.82) is 0 Å². The zero-order chi connectivity index (χ0) is 20.5. The Bertz CT molecular complexity index is 1220. The summed E-state index contributed by atoms with van der Waals surface area (Å²) in [6.07, 6.45) is 4.13. The molecule has 0 N–H and O–H groups in total. The van der Waals surface area contributed by atoms with Crippen LogP contribution >= 0.6 is 0 Å². The molecule has 1 fully saturated rings. The molecule has 4 aromatic rings. The summed E-state index contributed by atoms with van der Waals surface area (Å²) >= 11 is 0. The standard InChI is InChI=1S/C28H23NO/c1-29-18-24(16-22-12-6-10-20-8-2-4-14-26(20)22)28(30)25(19-29)17-23-13-7-11-21-9-3-5-15-27(21)23/h2-17H,18-19H2,1H3/b24-16-,25-17+. The molecule has 0 aromatic heterocycles. The first-order valence-electron chi connectivity index (χ1n) is 10.3. The predicted molar refractivity (Wildman–Crippen MR) is 126 cm³/mol. The number of Topliss-reactive ketones (excluding diaryl/α,β-unsaturated/α-hetero) is 1. The number of rotatable bonds is 2. The summed E-state index contributed by atoms with van der Waals surface area (Å²) in [5.41, 5.74) is 3.87. The number of fused-ring (bicyclic) bond motifs is 2. The molecule has 0 saturated carbocycles. The Hall–Kier alpha value is -3.49. The molecule has 0 aliphatic carbocycles. The van der Waals surface area contributed by atoms with Gasteiger partial charge in [-0.15, -0.1) is 0 Å². The van der Waals surface area contributed by atoms with Gasteiger partial charge in [0.25, 0.3) is 0 Å². The molecule has 1 saturated heterocycles. The number of hydrogen-bond acceptors (Lipinski definition) is 2. The van der Waals surface area contributed by atoms with Crippen LogP contribution in [0.4, 0.5) is 0 Å². The molecule has 0 radical (unpaired) electrons. The van der Waals surface area contributed by atoms with Crippen molar-refractivity contribution in [2.45, 2.75) is 0 Å². The van der Waals surface area contributed by atoms with Crippen molar-refractivity contribution in [2.24, 2.45) is 0 Å². The van der Waals surface area contributed by atoms with Gasteiger partial charge in [-0.05, 0) is 51.9 Å². The Morgan fingerprint density at radius 2 is 1.07 bits per heavy atom. The van der Waals surface area contributed by atoms with E-state index in [9.17, 15) is 4.79 Å². The molecule has 1 aliphatic rings. The van der Waals surface area contributed by atoms with E-state index in [4.69, 9.17) is 0 Å². The van der Waals surface area contributed by atoms with Crippen LogP contribution in [0, 0.1) is 0 Å². The molecule has 1 heterocycles. The van der Waals surface area contributed by atoms with Crippen LogP contribution in [-0.2, 0) is 4.79 Å². The SMILES string of the molecule is CN1C/C(=C/c2cccc3ccccc23)C(=O)/C(=C/c2cccc3ccccc23)C1. The fourth-order valence-electron chi connectivity index (χ4n) is 4.34. The highest BCUT2D eigenvalue weighted by Crippen LogP contribution is 2.27. The highest BCUT2D eigenvalue weighted by molar-refractivity contribution is 6.16. The van der Waals surface area contributed by atoms with Crippen molar-refractivity contribution in [3.05, 3.63) is 107 Å². The van der Waals surface area contributed by atoms with Gasteiger partial charge in [-0.25, -0.2) is 0 Å². The Balaban J connectivity index is 1.58. The van der Waals surface area contributed by atoms with Gasteiger partial charge in [-0.3, -0.25) is 9.69 Å². The number of benzene rings is 4. The number of likely N-dealkylation sites (N-methyl/N-ethyl adjacent to an activating group) is 1. The number of hydrogen-bond donors (Lipinski definition) is 0. The topological polar surface area (TPSA) is 20.3 Å². The van der Waals surface area contributed by atoms with Gasteiger partial charge in [0, 0.05) is 24.2 Å². The van der Waals surface area contributed by atoms with E-state index in [1.807, 2.05) is 24.3 Å². The summed E-state index contributed by atoms with van der Waals surface area (Å²) in [6.45, 7) is 1.32. The molecule has 0 bridgehead atoms. The van der Waals surface area contributed by atoms with E-state index in [1.54, 1.807) is 0 Å². The Morgan fingerprint density at radius 3 is 1.57 bits per heavy atom. The molecule has 30 heavy (non-hydrogen) atoms. The lowest BCUT2D eigenvalue weighted by atomic mass is 9.92. The maximum Gasteiger partial charge on any atom is 0.187 e. The molecule has 0 amide bonds. The van der Waals surface area contributed by atoms with Crippen LogP contribution in [0.1, 0.15) is 11.1 Å². The zero-order valence-electron chi connectivity index (χ0n) is 17.0. The van der Waals surface area contributed by atoms with Gasteiger partial charge < -0.3 is 0 Å². The lowest BCUT2D eigenvalue weighted by Gasteiger charge is -2.26. The van der Waals surface area contributed by atoms with E-state index in [2.05, 4.69) is 84.8 Å². The molecular weight excluding hydrogens is 366 g/mol. The second-order valence-corrected chi connectivity index (χ2v) is 7.98. The van der Waals surface area contributed by atoms with E-state index in [0.717, 1.165) is 22.3 Å². The average Bonchev–Trinajstić information content (AvgIpc) is 2.77. The smallest absolute Gasteiger partial charge is 0.187 e. The van der Waals surface area contributed by atoms with Crippen molar-refractivity contribution < 1.29 is 4.79 Å². The highest BCUT2D eigenvalue weighted by atomic mass is 16.1. The number of piperidine rings is 1. The highest BCUT2D eigenvalue weighted by Gasteiger charge is 2.24. The number of carbonyl (C=O) groups is 1. The maximum atomic E-state index is 13.4. The summed E-state index contributed by atoms with van der Waals surface area (Å²) in [5, 5.41) is 4.73. The number of likely N-dealkylation sites (tertiary alicyclic amines) is 1. The first-order valence-corrected chi connectivity index (χ1v) is 10.3. The van der Waals surface area contributed by atoms with E-state index >= 15 is 0 Å². The lowest BCUT2D eigenvalue weighted by Crippen LogP contribution is -2.34. The van der Waals surface area contributed by atoms with Gasteiger partial charge in [0.05, 0.1) is 0 Å². The van der Waals surface area contributed by atoms with E-state index in [-0.39, 0.29) is 5.78 Å². The van der Waals surface area contributed by atoms with Crippen LogP contribution in [0.2, 0.25) is 0 Å². The van der Waals surface area contributed by atoms with Crippen LogP contribution in [0.3, 0.4) is 0 Å². The van der Waals surface area contributed by atoms with Crippen molar-refractivity contribution >= 4 is 39.5 Å². The molecule has 146 valence electrons. The Labute approximate surface area is 176 Å². The van der Waals surface area contributed by atoms with Crippen LogP contribution < -0.4 is 0 Å². The molecule has 0 unspecified atom stereocenters. The van der Waals surface area contributed by atoms with E-state index < -0.39 is 0 Å². The summed E-state index contributed by atoms with van der Waals surface area (Å²) in [7, 11) is 2.07. The van der Waals surface area contributed by atoms with Gasteiger partial charge in [0.15, 0.2) is 5.78 Å². The van der Waals surface area contributed by atoms with Crippen molar-refractivity contribution in [3.8, 4) is 0 Å². The average molecular weight is 389 g/mol. The summed E-state index contributed by atoms with van der Waals surface area (Å²) in [4.78, 5) is 15.6. The maximum absolute atomic E-state index is 13.4. The third-order valence-electron chi connectivity index (χ3n) is 5.77. The van der Waals surface area contributed by atoms with E-state index in [1.165, 1.54) is 21.5 Å². The second-order valence-electron chi connectivity index (χ2n) is 7.98. The fraction of sp³-hybridized carbons (Fsp3) is 0.107. The molecule has 2 heteroatoms. The summed E-state index contributed by atoms with van der Waals surface area (Å²) in [6, 6.07) is 29.1. The number of nitrogens with zero attached hydrogens (tertiary/aromatic N) is 1. The molecular formula is C28H23NO. The fourth-order valence-corrected chi connectivity index (χ4v) is 4.34. The van der Waals surface area contributed by atoms with Crippen molar-refractivity contribution in [1.82, 2.24) is 4.90 Å². The molecule has 4 aromatic carbocycles. The first-order chi connectivity index (χ1) is 14.7. The number of ketones is 1. The van der Waals surface area contributed by atoms with Gasteiger partial charge >= 0.3 is 0 Å². The third-order valence-corrected chi connectivity index (χ3v) is 5.77. The van der Waals surface area contributed by atoms with Crippen molar-refractivity contribution in [3.63, 3.8) is 0 Å². The number of carbonyl (C=O) groups excluding carboxylic acids is 1. The van der Waals surface area contributed by atoms with Gasteiger partial charge in [-0.2, -0.15) is 0 Å². The second kappa shape index (κ2) is 7.74. The van der Waals surface area contributed by atoms with Crippen LogP contribution in [0.25, 0.3) is 33.7 Å². The minimum atomic E-state index is 0.147. The minimum absolute atomic E-state index is 0.147. The van der Waals surface area contributed by atoms with Gasteiger partial charge in [0.2, 0.25) is 0 Å². The summed E-state index contributed by atoms with van der Waals surface area (Å²) < 4.78 is 0. The molecule has 1 aliphatic heterocycles. The first kappa shape index (κ1) is 18.5. The van der Waals surface area contributed by atoms with Crippen LogP contribution in [0.15, 0.2) is 96.1 Å². The normalized spacial score (nSPS) is 18.0. The molecule has 5 rings (SSSR count). The third kappa shape index (κ3) is 3.47. The largest absolute Gasteiger partial charge is 0.298 e. The molecule has 2 nitrogen and oxygen atoms in total. The van der Waals surface area contributed by atoms with Crippen LogP contribution in [0.5, 0.6) is 0 Å². The Morgan fingerprint density at radius 1 is 0.633 bits per heavy atom. The van der Waals surface area contributed by atoms with E-state index in [0.29, 0.717) is 13.1 Å². The van der Waals surface area contributed by atoms with Crippen molar-refractivity contribution in [2.75, 3.05) is 20.1 Å². The molecule has 0 spiro atoms. The van der Waals surface area contributed by atoms with Crippen LogP contribution in [-0.4, -0.2) is 30.8 Å². The van der Waals surface area contributed by atoms with Gasteiger partial charge in [-0.1, -0.05) is 84.9 Å². The monoisotopic (exact) mass is 389 g/mol. The minimum Gasteiger partial charge on any atom is -0.298 e. The lowest BCUT2D eigenvalue weighted by molar-refractivity contribution is -0.113. The Kier molecular flexibility index (Phi) is 4.78. The summed E-state index contributed by atoms with van der Waals surface area (Å²) in [5.74, 6) is 0.147. The van der Waals surface area contributed by atoms with Gasteiger partial charge in [0.1, 0.15) is 0 Å². The predicted octanol–water partition coefficient (Wildman–Crippen LogP) is 5.97.